The molecule has 1 aromatic rings. The summed E-state index contributed by atoms with van der Waals surface area (Å²) in [5.41, 5.74) is 6.35. The second-order valence-corrected chi connectivity index (χ2v) is 4.04. The summed E-state index contributed by atoms with van der Waals surface area (Å²) in [6.45, 7) is 0.551. The summed E-state index contributed by atoms with van der Waals surface area (Å²) >= 11 is 0. The maximum atomic E-state index is 12.9. The van der Waals surface area contributed by atoms with Crippen molar-refractivity contribution in [2.45, 2.75) is 12.3 Å². The van der Waals surface area contributed by atoms with E-state index in [2.05, 4.69) is 0 Å². The average molecular weight is 195 g/mol. The highest BCUT2D eigenvalue weighted by atomic mass is 19.1. The minimum absolute atomic E-state index is 0.0880. The van der Waals surface area contributed by atoms with Gasteiger partial charge in [-0.1, -0.05) is 12.1 Å². The number of nitrogens with two attached hydrogens (primary N) is 1. The van der Waals surface area contributed by atoms with Crippen molar-refractivity contribution in [1.82, 2.24) is 0 Å². The van der Waals surface area contributed by atoms with Crippen molar-refractivity contribution < 1.29 is 9.50 Å². The first-order valence-electron chi connectivity index (χ1n) is 4.78. The molecule has 0 spiro atoms. The monoisotopic (exact) mass is 195 g/mol. The number of halogens is 1. The van der Waals surface area contributed by atoms with Gasteiger partial charge in [0.25, 0.3) is 0 Å². The van der Waals surface area contributed by atoms with Crippen LogP contribution in [0.15, 0.2) is 24.3 Å². The van der Waals surface area contributed by atoms with E-state index in [-0.39, 0.29) is 23.8 Å². The molecule has 1 aromatic carbocycles. The Morgan fingerprint density at radius 1 is 1.57 bits per heavy atom. The smallest absolute Gasteiger partial charge is 0.123 e. The van der Waals surface area contributed by atoms with E-state index < -0.39 is 0 Å². The van der Waals surface area contributed by atoms with E-state index in [0.29, 0.717) is 6.54 Å². The molecule has 0 bridgehead atoms. The first kappa shape index (κ1) is 9.62. The van der Waals surface area contributed by atoms with Crippen LogP contribution in [0.1, 0.15) is 17.9 Å². The molecule has 0 aromatic heterocycles. The Morgan fingerprint density at radius 3 is 2.86 bits per heavy atom. The van der Waals surface area contributed by atoms with Gasteiger partial charge in [-0.25, -0.2) is 4.39 Å². The lowest BCUT2D eigenvalue weighted by atomic mass is 10.0. The maximum absolute atomic E-state index is 12.9. The quantitative estimate of drug-likeness (QED) is 0.762. The molecular weight excluding hydrogens is 181 g/mol. The summed E-state index contributed by atoms with van der Waals surface area (Å²) in [7, 11) is 0. The molecule has 1 aliphatic rings. The van der Waals surface area contributed by atoms with Gasteiger partial charge in [-0.3, -0.25) is 0 Å². The van der Waals surface area contributed by atoms with E-state index >= 15 is 0 Å². The molecule has 76 valence electrons. The standard InChI is InChI=1S/C11H14FNO/c12-9-3-1-2-8(4-9)10-5-11(10,6-13)7-14/h1-4,10,14H,5-7,13H2/t10-,11+/m0/s1. The molecule has 1 aliphatic carbocycles. The molecular formula is C11H14FNO. The van der Waals surface area contributed by atoms with Crippen LogP contribution in [-0.2, 0) is 0 Å². The van der Waals surface area contributed by atoms with Gasteiger partial charge >= 0.3 is 0 Å². The lowest BCUT2D eigenvalue weighted by Crippen LogP contribution is -2.21. The summed E-state index contributed by atoms with van der Waals surface area (Å²) in [4.78, 5) is 0. The van der Waals surface area contributed by atoms with Crippen LogP contribution >= 0.6 is 0 Å². The number of hydrogen-bond acceptors (Lipinski definition) is 2. The zero-order valence-electron chi connectivity index (χ0n) is 7.91. The zero-order valence-corrected chi connectivity index (χ0v) is 7.91. The van der Waals surface area contributed by atoms with Gasteiger partial charge < -0.3 is 10.8 Å². The van der Waals surface area contributed by atoms with Crippen molar-refractivity contribution >= 4 is 0 Å². The predicted octanol–water partition coefficient (Wildman–Crippen LogP) is 1.25. The highest BCUT2D eigenvalue weighted by molar-refractivity contribution is 5.30. The Bertz CT molecular complexity index is 336. The average Bonchev–Trinajstić information content (AvgIpc) is 2.93. The van der Waals surface area contributed by atoms with Crippen molar-refractivity contribution in [3.8, 4) is 0 Å². The number of hydrogen-bond donors (Lipinski definition) is 2. The van der Waals surface area contributed by atoms with E-state index in [9.17, 15) is 9.50 Å². The molecule has 3 N–H and O–H groups in total. The number of aliphatic hydroxyl groups is 1. The highest BCUT2D eigenvalue weighted by Crippen LogP contribution is 2.58. The van der Waals surface area contributed by atoms with Crippen molar-refractivity contribution in [2.24, 2.45) is 11.1 Å². The van der Waals surface area contributed by atoms with Crippen LogP contribution < -0.4 is 5.73 Å². The molecule has 0 unspecified atom stereocenters. The van der Waals surface area contributed by atoms with Crippen LogP contribution in [-0.4, -0.2) is 18.3 Å². The van der Waals surface area contributed by atoms with Crippen LogP contribution in [0.25, 0.3) is 0 Å². The lowest BCUT2D eigenvalue weighted by molar-refractivity contribution is 0.211. The van der Waals surface area contributed by atoms with Crippen molar-refractivity contribution in [3.63, 3.8) is 0 Å². The normalized spacial score (nSPS) is 30.4. The molecule has 14 heavy (non-hydrogen) atoms. The molecule has 2 nitrogen and oxygen atoms in total. The van der Waals surface area contributed by atoms with Crippen molar-refractivity contribution in [3.05, 3.63) is 35.6 Å². The van der Waals surface area contributed by atoms with Crippen LogP contribution in [0.4, 0.5) is 4.39 Å². The molecule has 3 heteroatoms. The summed E-state index contributed by atoms with van der Waals surface area (Å²) < 4.78 is 12.9. The Kier molecular flexibility index (Phi) is 2.29. The Balaban J connectivity index is 2.19. The summed E-state index contributed by atoms with van der Waals surface area (Å²) in [6, 6.07) is 6.54. The SMILES string of the molecule is NC[C@@]1(CO)C[C@H]1c1cccc(F)c1. The summed E-state index contributed by atoms with van der Waals surface area (Å²) in [5, 5.41) is 9.18. The third-order valence-electron chi connectivity index (χ3n) is 3.16. The van der Waals surface area contributed by atoms with Crippen molar-refractivity contribution in [2.75, 3.05) is 13.2 Å². The fourth-order valence-corrected chi connectivity index (χ4v) is 2.01. The van der Waals surface area contributed by atoms with E-state index in [1.54, 1.807) is 6.07 Å². The van der Waals surface area contributed by atoms with Gasteiger partial charge in [0.15, 0.2) is 0 Å². The lowest BCUT2D eigenvalue weighted by Gasteiger charge is -2.10. The van der Waals surface area contributed by atoms with E-state index in [1.165, 1.54) is 12.1 Å². The minimum Gasteiger partial charge on any atom is -0.396 e. The summed E-state index contributed by atoms with van der Waals surface area (Å²) in [6.07, 6.45) is 0.865. The van der Waals surface area contributed by atoms with Gasteiger partial charge in [0.1, 0.15) is 5.82 Å². The predicted molar refractivity (Wildman–Crippen MR) is 52.3 cm³/mol. The molecule has 1 saturated carbocycles. The van der Waals surface area contributed by atoms with Crippen LogP contribution in [0.2, 0.25) is 0 Å². The van der Waals surface area contributed by atoms with Gasteiger partial charge in [-0.15, -0.1) is 0 Å². The molecule has 0 amide bonds. The number of benzene rings is 1. The largest absolute Gasteiger partial charge is 0.396 e. The van der Waals surface area contributed by atoms with Crippen LogP contribution in [0.3, 0.4) is 0 Å². The molecule has 2 rings (SSSR count). The Morgan fingerprint density at radius 2 is 2.36 bits per heavy atom. The second-order valence-electron chi connectivity index (χ2n) is 4.04. The van der Waals surface area contributed by atoms with E-state index in [0.717, 1.165) is 12.0 Å². The van der Waals surface area contributed by atoms with Gasteiger partial charge in [-0.05, 0) is 30.0 Å². The van der Waals surface area contributed by atoms with Crippen LogP contribution in [0, 0.1) is 11.2 Å². The first-order chi connectivity index (χ1) is 6.72. The molecule has 0 heterocycles. The van der Waals surface area contributed by atoms with E-state index in [1.807, 2.05) is 6.07 Å². The molecule has 0 aliphatic heterocycles. The number of aliphatic hydroxyl groups excluding tert-OH is 1. The Labute approximate surface area is 82.5 Å². The van der Waals surface area contributed by atoms with E-state index in [4.69, 9.17) is 5.73 Å². The maximum Gasteiger partial charge on any atom is 0.123 e. The topological polar surface area (TPSA) is 46.2 Å². The fourth-order valence-electron chi connectivity index (χ4n) is 2.01. The summed E-state index contributed by atoms with van der Waals surface area (Å²) in [5.74, 6) is 0.00598. The molecule has 1 fully saturated rings. The fraction of sp³-hybridized carbons (Fsp3) is 0.455. The number of rotatable bonds is 3. The third kappa shape index (κ3) is 1.42. The van der Waals surface area contributed by atoms with Gasteiger partial charge in [0, 0.05) is 12.0 Å². The zero-order chi connectivity index (χ0) is 10.2. The molecule has 2 atom stereocenters. The Hall–Kier alpha value is -0.930. The highest BCUT2D eigenvalue weighted by Gasteiger charge is 2.53. The first-order valence-corrected chi connectivity index (χ1v) is 4.78. The third-order valence-corrected chi connectivity index (χ3v) is 3.16. The molecule has 0 radical (unpaired) electrons. The van der Waals surface area contributed by atoms with Crippen molar-refractivity contribution in [1.29, 1.82) is 0 Å². The van der Waals surface area contributed by atoms with Crippen LogP contribution in [0.5, 0.6) is 0 Å². The minimum atomic E-state index is -0.224. The second kappa shape index (κ2) is 3.33. The molecule has 0 saturated heterocycles. The van der Waals surface area contributed by atoms with Gasteiger partial charge in [0.05, 0.1) is 6.61 Å². The van der Waals surface area contributed by atoms with Gasteiger partial charge in [-0.2, -0.15) is 0 Å². The van der Waals surface area contributed by atoms with Gasteiger partial charge in [0.2, 0.25) is 0 Å².